The van der Waals surface area contributed by atoms with Crippen molar-refractivity contribution >= 4 is 6.09 Å². The number of halogens is 2. The van der Waals surface area contributed by atoms with Crippen LogP contribution < -0.4 is 5.32 Å². The fourth-order valence-corrected chi connectivity index (χ4v) is 1.53. The molecule has 0 saturated heterocycles. The van der Waals surface area contributed by atoms with Gasteiger partial charge in [-0.1, -0.05) is 0 Å². The predicted molar refractivity (Wildman–Crippen MR) is 57.9 cm³/mol. The van der Waals surface area contributed by atoms with Crippen molar-refractivity contribution in [1.29, 1.82) is 0 Å². The number of alkyl carbamates (subject to hydrolysis) is 1. The van der Waals surface area contributed by atoms with Gasteiger partial charge in [-0.3, -0.25) is 0 Å². The highest BCUT2D eigenvalue weighted by atomic mass is 19.3. The average Bonchev–Trinajstić information content (AvgIpc) is 2.94. The van der Waals surface area contributed by atoms with Crippen LogP contribution in [0.5, 0.6) is 0 Å². The van der Waals surface area contributed by atoms with E-state index >= 15 is 0 Å². The second-order valence-corrected chi connectivity index (χ2v) is 5.38. The number of amides is 1. The SMILES string of the molecule is CC(C)(C)OC(=O)NC(C1CC1)C(F)(F)CO. The number of nitrogens with one attached hydrogen (secondary N) is 1. The van der Waals surface area contributed by atoms with Crippen LogP contribution in [0.4, 0.5) is 13.6 Å². The van der Waals surface area contributed by atoms with E-state index in [-0.39, 0.29) is 5.92 Å². The standard InChI is InChI=1S/C11H19F2NO3/c1-10(2,3)17-9(16)14-8(7-4-5-7)11(12,13)6-15/h7-8,15H,4-6H2,1-3H3,(H,14,16). The number of aliphatic hydroxyl groups excluding tert-OH is 1. The van der Waals surface area contributed by atoms with Crippen molar-refractivity contribution in [2.75, 3.05) is 6.61 Å². The van der Waals surface area contributed by atoms with E-state index in [2.05, 4.69) is 5.32 Å². The quantitative estimate of drug-likeness (QED) is 0.802. The molecule has 1 amide bonds. The van der Waals surface area contributed by atoms with E-state index in [1.165, 1.54) is 0 Å². The summed E-state index contributed by atoms with van der Waals surface area (Å²) in [5, 5.41) is 10.8. The highest BCUT2D eigenvalue weighted by molar-refractivity contribution is 5.68. The fraction of sp³-hybridized carbons (Fsp3) is 0.909. The van der Waals surface area contributed by atoms with Crippen LogP contribution in [-0.4, -0.2) is 35.4 Å². The zero-order chi connectivity index (χ0) is 13.3. The molecule has 0 aromatic heterocycles. The Morgan fingerprint density at radius 1 is 1.47 bits per heavy atom. The van der Waals surface area contributed by atoms with E-state index in [4.69, 9.17) is 9.84 Å². The van der Waals surface area contributed by atoms with Crippen molar-refractivity contribution in [3.8, 4) is 0 Å². The Bertz CT molecular complexity index is 285. The summed E-state index contributed by atoms with van der Waals surface area (Å²) in [7, 11) is 0. The van der Waals surface area contributed by atoms with Gasteiger partial charge in [0.2, 0.25) is 0 Å². The van der Waals surface area contributed by atoms with Gasteiger partial charge in [-0.15, -0.1) is 0 Å². The van der Waals surface area contributed by atoms with E-state index in [0.717, 1.165) is 0 Å². The van der Waals surface area contributed by atoms with Gasteiger partial charge in [0.25, 0.3) is 5.92 Å². The molecular weight excluding hydrogens is 232 g/mol. The van der Waals surface area contributed by atoms with Gasteiger partial charge < -0.3 is 15.2 Å². The molecule has 6 heteroatoms. The number of aliphatic hydroxyl groups is 1. The minimum Gasteiger partial charge on any atom is -0.444 e. The largest absolute Gasteiger partial charge is 0.444 e. The molecule has 0 bridgehead atoms. The van der Waals surface area contributed by atoms with Crippen LogP contribution in [0.1, 0.15) is 33.6 Å². The van der Waals surface area contributed by atoms with Crippen LogP contribution in [-0.2, 0) is 4.74 Å². The maximum Gasteiger partial charge on any atom is 0.408 e. The van der Waals surface area contributed by atoms with Crippen molar-refractivity contribution in [3.05, 3.63) is 0 Å². The maximum atomic E-state index is 13.4. The van der Waals surface area contributed by atoms with Crippen LogP contribution >= 0.6 is 0 Å². The third-order valence-corrected chi connectivity index (χ3v) is 2.43. The van der Waals surface area contributed by atoms with Crippen LogP contribution in [0.25, 0.3) is 0 Å². The molecule has 0 aromatic rings. The second-order valence-electron chi connectivity index (χ2n) is 5.38. The zero-order valence-corrected chi connectivity index (χ0v) is 10.3. The van der Waals surface area contributed by atoms with Crippen LogP contribution in [0.15, 0.2) is 0 Å². The Morgan fingerprint density at radius 2 is 2.00 bits per heavy atom. The Balaban J connectivity index is 2.59. The van der Waals surface area contributed by atoms with Gasteiger partial charge in [0.05, 0.1) is 0 Å². The Hall–Kier alpha value is -0.910. The molecule has 1 saturated carbocycles. The lowest BCUT2D eigenvalue weighted by atomic mass is 10.1. The van der Waals surface area contributed by atoms with Crippen molar-refractivity contribution in [1.82, 2.24) is 5.32 Å². The second kappa shape index (κ2) is 4.76. The van der Waals surface area contributed by atoms with Gasteiger partial charge in [0.15, 0.2) is 0 Å². The summed E-state index contributed by atoms with van der Waals surface area (Å²) in [5.41, 5.74) is -0.729. The molecule has 1 aliphatic carbocycles. The molecule has 1 fully saturated rings. The van der Waals surface area contributed by atoms with Crippen molar-refractivity contribution < 1.29 is 23.4 Å². The van der Waals surface area contributed by atoms with Crippen molar-refractivity contribution in [2.24, 2.45) is 5.92 Å². The number of carbonyl (C=O) groups is 1. The number of carbonyl (C=O) groups excluding carboxylic acids is 1. The van der Waals surface area contributed by atoms with Gasteiger partial charge in [-0.2, -0.15) is 0 Å². The summed E-state index contributed by atoms with van der Waals surface area (Å²) in [6.07, 6.45) is 0.397. The van der Waals surface area contributed by atoms with E-state index in [1.807, 2.05) is 0 Å². The molecule has 0 aliphatic heterocycles. The summed E-state index contributed by atoms with van der Waals surface area (Å²) in [4.78, 5) is 11.4. The van der Waals surface area contributed by atoms with E-state index in [0.29, 0.717) is 12.8 Å². The minimum absolute atomic E-state index is 0.273. The van der Waals surface area contributed by atoms with E-state index in [9.17, 15) is 13.6 Å². The molecule has 1 unspecified atom stereocenters. The summed E-state index contributed by atoms with van der Waals surface area (Å²) in [5.74, 6) is -3.58. The summed E-state index contributed by atoms with van der Waals surface area (Å²) in [6, 6.07) is -1.35. The zero-order valence-electron chi connectivity index (χ0n) is 10.3. The first-order valence-electron chi connectivity index (χ1n) is 5.64. The first-order chi connectivity index (χ1) is 7.65. The summed E-state index contributed by atoms with van der Waals surface area (Å²) < 4.78 is 31.7. The fourth-order valence-electron chi connectivity index (χ4n) is 1.53. The molecule has 0 spiro atoms. The molecule has 0 radical (unpaired) electrons. The Labute approximate surface area is 99.3 Å². The van der Waals surface area contributed by atoms with Crippen LogP contribution in [0.3, 0.4) is 0 Å². The van der Waals surface area contributed by atoms with Crippen molar-refractivity contribution in [2.45, 2.75) is 51.2 Å². The first kappa shape index (κ1) is 14.2. The number of hydrogen-bond acceptors (Lipinski definition) is 3. The lowest BCUT2D eigenvalue weighted by Gasteiger charge is -2.28. The molecule has 100 valence electrons. The Kier molecular flexibility index (Phi) is 3.96. The molecule has 1 aliphatic rings. The highest BCUT2D eigenvalue weighted by Gasteiger charge is 2.49. The summed E-state index contributed by atoms with van der Waals surface area (Å²) >= 11 is 0. The molecule has 17 heavy (non-hydrogen) atoms. The molecule has 4 nitrogen and oxygen atoms in total. The average molecular weight is 251 g/mol. The molecule has 0 heterocycles. The normalized spacial score (nSPS) is 18.7. The molecule has 1 rings (SSSR count). The number of hydrogen-bond donors (Lipinski definition) is 2. The van der Waals surface area contributed by atoms with Crippen molar-refractivity contribution in [3.63, 3.8) is 0 Å². The summed E-state index contributed by atoms with van der Waals surface area (Å²) in [6.45, 7) is 3.69. The lowest BCUT2D eigenvalue weighted by Crippen LogP contribution is -2.52. The topological polar surface area (TPSA) is 58.6 Å². The highest BCUT2D eigenvalue weighted by Crippen LogP contribution is 2.39. The van der Waals surface area contributed by atoms with Gasteiger partial charge in [-0.05, 0) is 39.5 Å². The molecule has 2 N–H and O–H groups in total. The van der Waals surface area contributed by atoms with Crippen LogP contribution in [0.2, 0.25) is 0 Å². The smallest absolute Gasteiger partial charge is 0.408 e. The number of ether oxygens (including phenoxy) is 1. The lowest BCUT2D eigenvalue weighted by molar-refractivity contribution is -0.0854. The third-order valence-electron chi connectivity index (χ3n) is 2.43. The van der Waals surface area contributed by atoms with Gasteiger partial charge >= 0.3 is 6.09 Å². The van der Waals surface area contributed by atoms with Gasteiger partial charge in [0.1, 0.15) is 18.2 Å². The molecular formula is C11H19F2NO3. The maximum absolute atomic E-state index is 13.4. The van der Waals surface area contributed by atoms with Gasteiger partial charge in [-0.25, -0.2) is 13.6 Å². The number of alkyl halides is 2. The molecule has 1 atom stereocenters. The van der Waals surface area contributed by atoms with E-state index in [1.54, 1.807) is 20.8 Å². The third kappa shape index (κ3) is 4.46. The van der Waals surface area contributed by atoms with Crippen LogP contribution in [0, 0.1) is 5.92 Å². The molecule has 0 aromatic carbocycles. The predicted octanol–water partition coefficient (Wildman–Crippen LogP) is 1.92. The minimum atomic E-state index is -3.31. The van der Waals surface area contributed by atoms with Gasteiger partial charge in [0, 0.05) is 0 Å². The van der Waals surface area contributed by atoms with E-state index < -0.39 is 30.3 Å². The Morgan fingerprint density at radius 3 is 2.35 bits per heavy atom. The first-order valence-corrected chi connectivity index (χ1v) is 5.64. The monoisotopic (exact) mass is 251 g/mol. The number of rotatable bonds is 4.